The van der Waals surface area contributed by atoms with Gasteiger partial charge in [0.25, 0.3) is 0 Å². The molecule has 0 saturated heterocycles. The minimum absolute atomic E-state index is 0.0371. The van der Waals surface area contributed by atoms with Crippen LogP contribution in [-0.2, 0) is 0 Å². The summed E-state index contributed by atoms with van der Waals surface area (Å²) < 4.78 is 0. The Labute approximate surface area is 101 Å². The van der Waals surface area contributed by atoms with E-state index in [0.29, 0.717) is 17.8 Å². The van der Waals surface area contributed by atoms with Gasteiger partial charge in [-0.05, 0) is 18.0 Å². The number of carbonyl (C=O) groups is 1. The number of Topliss-reactive ketones (excluding diaryl/α,β-unsaturated/α-hetero) is 1. The maximum absolute atomic E-state index is 11.9. The molecule has 0 bridgehead atoms. The molecule has 0 aliphatic carbocycles. The lowest BCUT2D eigenvalue weighted by Gasteiger charge is -2.08. The molecule has 0 heterocycles. The van der Waals surface area contributed by atoms with Gasteiger partial charge in [-0.15, -0.1) is 0 Å². The number of fused-ring (bicyclic) bond motifs is 1. The van der Waals surface area contributed by atoms with Crippen molar-refractivity contribution in [1.82, 2.24) is 5.32 Å². The molecule has 3 N–H and O–H groups in total. The highest BCUT2D eigenvalue weighted by Gasteiger charge is 2.11. The number of nitrogens with one attached hydrogen (secondary N) is 1. The van der Waals surface area contributed by atoms with E-state index >= 15 is 0 Å². The molecule has 0 fully saturated rings. The van der Waals surface area contributed by atoms with Crippen LogP contribution in [0.3, 0.4) is 0 Å². The van der Waals surface area contributed by atoms with Crippen molar-refractivity contribution in [3.8, 4) is 0 Å². The molecule has 0 unspecified atom stereocenters. The molecule has 0 spiro atoms. The zero-order chi connectivity index (χ0) is 12.3. The van der Waals surface area contributed by atoms with E-state index in [2.05, 4.69) is 5.32 Å². The molecule has 0 amide bonds. The predicted octanol–water partition coefficient (Wildman–Crippen LogP) is 2.21. The van der Waals surface area contributed by atoms with Crippen LogP contribution >= 0.6 is 0 Å². The SMILES string of the molecule is CCNCC(=O)c1ccc2ccccc2c1N. The average Bonchev–Trinajstić information content (AvgIpc) is 2.37. The number of anilines is 1. The number of benzene rings is 2. The molecule has 3 heteroatoms. The van der Waals surface area contributed by atoms with Gasteiger partial charge in [-0.3, -0.25) is 4.79 Å². The van der Waals surface area contributed by atoms with Gasteiger partial charge >= 0.3 is 0 Å². The summed E-state index contributed by atoms with van der Waals surface area (Å²) in [4.78, 5) is 11.9. The number of rotatable bonds is 4. The van der Waals surface area contributed by atoms with Crippen molar-refractivity contribution >= 4 is 22.2 Å². The number of ketones is 1. The summed E-state index contributed by atoms with van der Waals surface area (Å²) in [5, 5.41) is 5.02. The second-order valence-corrected chi connectivity index (χ2v) is 3.95. The van der Waals surface area contributed by atoms with Crippen LogP contribution in [0.15, 0.2) is 36.4 Å². The summed E-state index contributed by atoms with van der Waals surface area (Å²) >= 11 is 0. The first kappa shape index (κ1) is 11.6. The van der Waals surface area contributed by atoms with Gasteiger partial charge in [0.2, 0.25) is 0 Å². The molecular weight excluding hydrogens is 212 g/mol. The minimum atomic E-state index is 0.0371. The summed E-state index contributed by atoms with van der Waals surface area (Å²) in [6, 6.07) is 11.6. The van der Waals surface area contributed by atoms with Gasteiger partial charge in [0.15, 0.2) is 5.78 Å². The van der Waals surface area contributed by atoms with Gasteiger partial charge < -0.3 is 11.1 Å². The van der Waals surface area contributed by atoms with Crippen molar-refractivity contribution in [2.75, 3.05) is 18.8 Å². The van der Waals surface area contributed by atoms with Gasteiger partial charge in [-0.25, -0.2) is 0 Å². The zero-order valence-electron chi connectivity index (χ0n) is 9.86. The number of hydrogen-bond acceptors (Lipinski definition) is 3. The largest absolute Gasteiger partial charge is 0.398 e. The molecule has 0 aliphatic rings. The Morgan fingerprint density at radius 1 is 1.24 bits per heavy atom. The number of carbonyl (C=O) groups excluding carboxylic acids is 1. The van der Waals surface area contributed by atoms with Gasteiger partial charge in [0, 0.05) is 10.9 Å². The lowest BCUT2D eigenvalue weighted by Crippen LogP contribution is -2.23. The Hall–Kier alpha value is -1.87. The Morgan fingerprint density at radius 2 is 2.00 bits per heavy atom. The fourth-order valence-electron chi connectivity index (χ4n) is 1.87. The predicted molar refractivity (Wildman–Crippen MR) is 71.2 cm³/mol. The van der Waals surface area contributed by atoms with Gasteiger partial charge in [-0.1, -0.05) is 37.3 Å². The van der Waals surface area contributed by atoms with Crippen LogP contribution in [0, 0.1) is 0 Å². The normalized spacial score (nSPS) is 10.6. The minimum Gasteiger partial charge on any atom is -0.398 e. The summed E-state index contributed by atoms with van der Waals surface area (Å²) in [5.41, 5.74) is 7.22. The highest BCUT2D eigenvalue weighted by Crippen LogP contribution is 2.24. The average molecular weight is 228 g/mol. The number of nitrogens with two attached hydrogens (primary N) is 1. The highest BCUT2D eigenvalue weighted by atomic mass is 16.1. The first-order valence-electron chi connectivity index (χ1n) is 5.75. The van der Waals surface area contributed by atoms with Crippen molar-refractivity contribution in [3.05, 3.63) is 42.0 Å². The summed E-state index contributed by atoms with van der Waals surface area (Å²) in [7, 11) is 0. The molecular formula is C14H16N2O. The third-order valence-electron chi connectivity index (χ3n) is 2.81. The van der Waals surface area contributed by atoms with Gasteiger partial charge in [0.1, 0.15) is 0 Å². The van der Waals surface area contributed by atoms with E-state index in [1.165, 1.54) is 0 Å². The maximum Gasteiger partial charge on any atom is 0.178 e. The van der Waals surface area contributed by atoms with E-state index in [-0.39, 0.29) is 5.78 Å². The third-order valence-corrected chi connectivity index (χ3v) is 2.81. The van der Waals surface area contributed by atoms with Crippen LogP contribution in [0.4, 0.5) is 5.69 Å². The third kappa shape index (κ3) is 2.29. The Balaban J connectivity index is 2.42. The fourth-order valence-corrected chi connectivity index (χ4v) is 1.87. The molecule has 0 radical (unpaired) electrons. The summed E-state index contributed by atoms with van der Waals surface area (Å²) in [6.07, 6.45) is 0. The lowest BCUT2D eigenvalue weighted by atomic mass is 10.0. The Bertz CT molecular complexity index is 549. The molecule has 88 valence electrons. The lowest BCUT2D eigenvalue weighted by molar-refractivity contribution is 0.0992. The van der Waals surface area contributed by atoms with E-state index in [1.807, 2.05) is 37.3 Å². The molecule has 0 aliphatic heterocycles. The van der Waals surface area contributed by atoms with Crippen LogP contribution < -0.4 is 11.1 Å². The van der Waals surface area contributed by atoms with Crippen molar-refractivity contribution < 1.29 is 4.79 Å². The van der Waals surface area contributed by atoms with E-state index in [0.717, 1.165) is 17.3 Å². The van der Waals surface area contributed by atoms with Crippen LogP contribution in [-0.4, -0.2) is 18.9 Å². The van der Waals surface area contributed by atoms with Crippen LogP contribution in [0.1, 0.15) is 17.3 Å². The number of likely N-dealkylation sites (N-methyl/N-ethyl adjacent to an activating group) is 1. The van der Waals surface area contributed by atoms with E-state index in [9.17, 15) is 4.79 Å². The van der Waals surface area contributed by atoms with E-state index in [1.54, 1.807) is 6.07 Å². The first-order chi connectivity index (χ1) is 8.24. The maximum atomic E-state index is 11.9. The Morgan fingerprint density at radius 3 is 2.76 bits per heavy atom. The van der Waals surface area contributed by atoms with Crippen LogP contribution in [0.25, 0.3) is 10.8 Å². The molecule has 2 aromatic carbocycles. The second-order valence-electron chi connectivity index (χ2n) is 3.95. The van der Waals surface area contributed by atoms with Crippen molar-refractivity contribution in [2.45, 2.75) is 6.92 Å². The fraction of sp³-hybridized carbons (Fsp3) is 0.214. The smallest absolute Gasteiger partial charge is 0.178 e. The summed E-state index contributed by atoms with van der Waals surface area (Å²) in [5.74, 6) is 0.0371. The summed E-state index contributed by atoms with van der Waals surface area (Å²) in [6.45, 7) is 3.08. The van der Waals surface area contributed by atoms with Crippen molar-refractivity contribution in [3.63, 3.8) is 0 Å². The quantitative estimate of drug-likeness (QED) is 0.623. The number of hydrogen-bond donors (Lipinski definition) is 2. The molecule has 17 heavy (non-hydrogen) atoms. The second kappa shape index (κ2) is 4.97. The number of nitrogen functional groups attached to an aromatic ring is 1. The Kier molecular flexibility index (Phi) is 3.40. The van der Waals surface area contributed by atoms with Crippen LogP contribution in [0.5, 0.6) is 0 Å². The first-order valence-corrected chi connectivity index (χ1v) is 5.75. The standard InChI is InChI=1S/C14H16N2O/c1-2-16-9-13(17)12-8-7-10-5-3-4-6-11(10)14(12)15/h3-8,16H,2,9,15H2,1H3. The van der Waals surface area contributed by atoms with E-state index < -0.39 is 0 Å². The van der Waals surface area contributed by atoms with Crippen molar-refractivity contribution in [1.29, 1.82) is 0 Å². The van der Waals surface area contributed by atoms with Crippen LogP contribution in [0.2, 0.25) is 0 Å². The zero-order valence-corrected chi connectivity index (χ0v) is 9.86. The monoisotopic (exact) mass is 228 g/mol. The highest BCUT2D eigenvalue weighted by molar-refractivity contribution is 6.09. The molecule has 3 nitrogen and oxygen atoms in total. The molecule has 2 aromatic rings. The van der Waals surface area contributed by atoms with E-state index in [4.69, 9.17) is 5.73 Å². The molecule has 0 aromatic heterocycles. The molecule has 0 saturated carbocycles. The molecule has 2 rings (SSSR count). The topological polar surface area (TPSA) is 55.1 Å². The molecule has 0 atom stereocenters. The van der Waals surface area contributed by atoms with Crippen molar-refractivity contribution in [2.24, 2.45) is 0 Å². The van der Waals surface area contributed by atoms with Gasteiger partial charge in [0.05, 0.1) is 12.2 Å². The van der Waals surface area contributed by atoms with Gasteiger partial charge in [-0.2, -0.15) is 0 Å².